The van der Waals surface area contributed by atoms with Crippen LogP contribution >= 0.6 is 0 Å². The minimum Gasteiger partial charge on any atom is -0.456 e. The van der Waals surface area contributed by atoms with Crippen LogP contribution in [0.4, 0.5) is 0 Å². The van der Waals surface area contributed by atoms with Crippen molar-refractivity contribution in [1.29, 1.82) is 0 Å². The van der Waals surface area contributed by atoms with Gasteiger partial charge in [0.05, 0.1) is 0 Å². The van der Waals surface area contributed by atoms with Crippen LogP contribution in [0.1, 0.15) is 56.1 Å². The Bertz CT molecular complexity index is 1290. The first-order valence-electron chi connectivity index (χ1n) is 11.6. The molecule has 0 radical (unpaired) electrons. The van der Waals surface area contributed by atoms with Gasteiger partial charge in [-0.1, -0.05) is 72.3 Å². The number of hydrogen-bond acceptors (Lipinski definition) is 3. The SMILES string of the molecule is C=CC(=O)Oc1c2c(c(Oc3ccccc3)c3ccccc13)C1C=C(CCC=C(C)C)C2C1. The fourth-order valence-electron chi connectivity index (χ4n) is 5.23. The van der Waals surface area contributed by atoms with E-state index >= 15 is 0 Å². The lowest BCUT2D eigenvalue weighted by molar-refractivity contribution is -0.128. The molecule has 33 heavy (non-hydrogen) atoms. The zero-order valence-corrected chi connectivity index (χ0v) is 19.1. The van der Waals surface area contributed by atoms with Crippen molar-refractivity contribution in [3.8, 4) is 17.2 Å². The predicted molar refractivity (Wildman–Crippen MR) is 133 cm³/mol. The summed E-state index contributed by atoms with van der Waals surface area (Å²) in [6.45, 7) is 7.88. The molecule has 5 rings (SSSR count). The van der Waals surface area contributed by atoms with Crippen LogP contribution in [0, 0.1) is 0 Å². The first kappa shape index (κ1) is 21.3. The van der Waals surface area contributed by atoms with E-state index in [0.717, 1.165) is 52.7 Å². The minimum atomic E-state index is -0.433. The molecule has 3 nitrogen and oxygen atoms in total. The van der Waals surface area contributed by atoms with Crippen molar-refractivity contribution in [2.75, 3.05) is 0 Å². The fraction of sp³-hybridized carbons (Fsp3) is 0.233. The molecule has 0 saturated carbocycles. The van der Waals surface area contributed by atoms with Gasteiger partial charge in [-0.05, 0) is 45.2 Å². The van der Waals surface area contributed by atoms with Gasteiger partial charge in [0.1, 0.15) is 17.2 Å². The molecule has 2 bridgehead atoms. The summed E-state index contributed by atoms with van der Waals surface area (Å²) in [5.74, 6) is 2.40. The number of benzene rings is 3. The van der Waals surface area contributed by atoms with E-state index in [0.29, 0.717) is 5.75 Å². The standard InChI is InChI=1S/C30H28O3/c1-4-26(31)33-30-24-16-9-8-15-23(24)29(32-22-13-6-5-7-14-22)27-21-17-20(12-10-11-19(2)3)25(18-21)28(27)30/h4-9,11,13-17,21,25H,1,10,12,18H2,2-3H3. The van der Waals surface area contributed by atoms with Gasteiger partial charge in [-0.3, -0.25) is 0 Å². The summed E-state index contributed by atoms with van der Waals surface area (Å²) in [4.78, 5) is 12.3. The Kier molecular flexibility index (Phi) is 5.63. The summed E-state index contributed by atoms with van der Waals surface area (Å²) in [6.07, 6.45) is 8.97. The average Bonchev–Trinajstić information content (AvgIpc) is 3.40. The maximum Gasteiger partial charge on any atom is 0.335 e. The molecule has 0 N–H and O–H groups in total. The van der Waals surface area contributed by atoms with Crippen LogP contribution in [0.25, 0.3) is 10.8 Å². The van der Waals surface area contributed by atoms with Crippen LogP contribution in [-0.2, 0) is 4.79 Å². The molecule has 0 saturated heterocycles. The van der Waals surface area contributed by atoms with Gasteiger partial charge >= 0.3 is 5.97 Å². The van der Waals surface area contributed by atoms with Crippen LogP contribution in [0.5, 0.6) is 17.2 Å². The number of fused-ring (bicyclic) bond motifs is 6. The molecule has 0 amide bonds. The molecule has 0 spiro atoms. The number of carbonyl (C=O) groups excluding carboxylic acids is 1. The van der Waals surface area contributed by atoms with Crippen molar-refractivity contribution in [2.45, 2.75) is 44.9 Å². The maximum atomic E-state index is 12.3. The van der Waals surface area contributed by atoms with Crippen molar-refractivity contribution in [1.82, 2.24) is 0 Å². The molecule has 3 aromatic rings. The molecule has 3 heteroatoms. The molecule has 2 atom stereocenters. The van der Waals surface area contributed by atoms with Gasteiger partial charge in [0.25, 0.3) is 0 Å². The summed E-state index contributed by atoms with van der Waals surface area (Å²) in [5.41, 5.74) is 5.03. The highest BCUT2D eigenvalue weighted by atomic mass is 16.5. The Morgan fingerprint density at radius 3 is 2.39 bits per heavy atom. The molecule has 0 heterocycles. The van der Waals surface area contributed by atoms with Crippen molar-refractivity contribution in [2.24, 2.45) is 0 Å². The molecule has 2 aliphatic rings. The summed E-state index contributed by atoms with van der Waals surface area (Å²) >= 11 is 0. The van der Waals surface area contributed by atoms with Gasteiger partial charge < -0.3 is 9.47 Å². The number of hydrogen-bond donors (Lipinski definition) is 0. The summed E-state index contributed by atoms with van der Waals surface area (Å²) in [5, 5.41) is 1.85. The fourth-order valence-corrected chi connectivity index (χ4v) is 5.23. The third kappa shape index (κ3) is 3.89. The number of rotatable bonds is 7. The molecule has 3 aromatic carbocycles. The number of carbonyl (C=O) groups is 1. The van der Waals surface area contributed by atoms with E-state index < -0.39 is 5.97 Å². The Labute approximate surface area is 195 Å². The lowest BCUT2D eigenvalue weighted by Crippen LogP contribution is -2.10. The first-order chi connectivity index (χ1) is 16.1. The van der Waals surface area contributed by atoms with Gasteiger partial charge in [0, 0.05) is 39.8 Å². The van der Waals surface area contributed by atoms with E-state index in [-0.39, 0.29) is 11.8 Å². The van der Waals surface area contributed by atoms with Gasteiger partial charge in [-0.2, -0.15) is 0 Å². The average molecular weight is 437 g/mol. The van der Waals surface area contributed by atoms with E-state index in [2.05, 4.69) is 32.6 Å². The van der Waals surface area contributed by atoms with Crippen molar-refractivity contribution >= 4 is 16.7 Å². The topological polar surface area (TPSA) is 35.5 Å². The number of para-hydroxylation sites is 1. The summed E-state index contributed by atoms with van der Waals surface area (Å²) in [6, 6.07) is 17.9. The molecule has 0 aromatic heterocycles. The zero-order valence-electron chi connectivity index (χ0n) is 19.1. The van der Waals surface area contributed by atoms with Crippen LogP contribution in [0.3, 0.4) is 0 Å². The van der Waals surface area contributed by atoms with Crippen LogP contribution in [0.15, 0.2) is 90.6 Å². The second-order valence-corrected chi connectivity index (χ2v) is 9.03. The van der Waals surface area contributed by atoms with Crippen molar-refractivity contribution < 1.29 is 14.3 Å². The lowest BCUT2D eigenvalue weighted by atomic mass is 9.85. The number of esters is 1. The van der Waals surface area contributed by atoms with Crippen molar-refractivity contribution in [3.05, 3.63) is 102 Å². The van der Waals surface area contributed by atoms with Crippen molar-refractivity contribution in [3.63, 3.8) is 0 Å². The second-order valence-electron chi connectivity index (χ2n) is 9.03. The zero-order chi connectivity index (χ0) is 22.9. The van der Waals surface area contributed by atoms with Crippen LogP contribution in [0.2, 0.25) is 0 Å². The van der Waals surface area contributed by atoms with E-state index in [9.17, 15) is 4.79 Å². The smallest absolute Gasteiger partial charge is 0.335 e. The number of ether oxygens (including phenoxy) is 2. The van der Waals surface area contributed by atoms with Gasteiger partial charge in [0.2, 0.25) is 0 Å². The Balaban J connectivity index is 1.68. The molecule has 2 aliphatic carbocycles. The first-order valence-corrected chi connectivity index (χ1v) is 11.6. The quantitative estimate of drug-likeness (QED) is 0.163. The third-order valence-corrected chi connectivity index (χ3v) is 6.59. The third-order valence-electron chi connectivity index (χ3n) is 6.59. The molecule has 166 valence electrons. The Morgan fingerprint density at radius 2 is 1.70 bits per heavy atom. The molecule has 0 aliphatic heterocycles. The van der Waals surface area contributed by atoms with E-state index in [1.54, 1.807) is 0 Å². The highest BCUT2D eigenvalue weighted by Gasteiger charge is 2.43. The van der Waals surface area contributed by atoms with Crippen LogP contribution < -0.4 is 9.47 Å². The Hall–Kier alpha value is -3.59. The maximum absolute atomic E-state index is 12.3. The van der Waals surface area contributed by atoms with E-state index in [1.165, 1.54) is 17.2 Å². The second kappa shape index (κ2) is 8.74. The van der Waals surface area contributed by atoms with E-state index in [4.69, 9.17) is 9.47 Å². The molecular weight excluding hydrogens is 408 g/mol. The summed E-state index contributed by atoms with van der Waals surface area (Å²) < 4.78 is 12.4. The monoisotopic (exact) mass is 436 g/mol. The van der Waals surface area contributed by atoms with Crippen LogP contribution in [-0.4, -0.2) is 5.97 Å². The lowest BCUT2D eigenvalue weighted by Gasteiger charge is -2.25. The van der Waals surface area contributed by atoms with Gasteiger partial charge in [-0.25, -0.2) is 4.79 Å². The molecular formula is C30H28O3. The summed E-state index contributed by atoms with van der Waals surface area (Å²) in [7, 11) is 0. The predicted octanol–water partition coefficient (Wildman–Crippen LogP) is 7.98. The van der Waals surface area contributed by atoms with Gasteiger partial charge in [0.15, 0.2) is 0 Å². The molecule has 0 fully saturated rings. The Morgan fingerprint density at radius 1 is 1.00 bits per heavy atom. The highest BCUT2D eigenvalue weighted by molar-refractivity contribution is 6.00. The normalized spacial score (nSPS) is 17.9. The number of allylic oxidation sites excluding steroid dienone is 4. The van der Waals surface area contributed by atoms with Gasteiger partial charge in [-0.15, -0.1) is 0 Å². The largest absolute Gasteiger partial charge is 0.456 e. The highest BCUT2D eigenvalue weighted by Crippen LogP contribution is 2.61. The van der Waals surface area contributed by atoms with E-state index in [1.807, 2.05) is 54.6 Å². The molecule has 2 unspecified atom stereocenters. The minimum absolute atomic E-state index is 0.242.